The first kappa shape index (κ1) is 15.2. The summed E-state index contributed by atoms with van der Waals surface area (Å²) in [6.07, 6.45) is 1.64. The SMILES string of the molecule is Cc1nc(NCCN2CCCC2=O)cc(C2CNCCO2)n1. The standard InChI is InChI=1S/C15H23N5O2/c1-11-18-12(13-10-16-5-8-22-13)9-14(19-11)17-4-7-20-6-2-3-15(20)21/h9,13,16H,2-8,10H2,1H3,(H,17,18,19). The highest BCUT2D eigenvalue weighted by Crippen LogP contribution is 2.19. The molecular weight excluding hydrogens is 282 g/mol. The van der Waals surface area contributed by atoms with Gasteiger partial charge < -0.3 is 20.3 Å². The fourth-order valence-corrected chi connectivity index (χ4v) is 2.86. The molecule has 0 aromatic carbocycles. The fraction of sp³-hybridized carbons (Fsp3) is 0.667. The van der Waals surface area contributed by atoms with Gasteiger partial charge in [-0.2, -0.15) is 0 Å². The smallest absolute Gasteiger partial charge is 0.222 e. The molecule has 0 bridgehead atoms. The summed E-state index contributed by atoms with van der Waals surface area (Å²) in [7, 11) is 0. The first-order chi connectivity index (χ1) is 10.7. The van der Waals surface area contributed by atoms with Crippen LogP contribution in [0.4, 0.5) is 5.82 Å². The van der Waals surface area contributed by atoms with Crippen LogP contribution in [0.5, 0.6) is 0 Å². The molecule has 2 aliphatic rings. The van der Waals surface area contributed by atoms with Crippen LogP contribution in [0.2, 0.25) is 0 Å². The number of carbonyl (C=O) groups excluding carboxylic acids is 1. The largest absolute Gasteiger partial charge is 0.369 e. The Morgan fingerprint density at radius 3 is 3.14 bits per heavy atom. The number of aryl methyl sites for hydroxylation is 1. The van der Waals surface area contributed by atoms with Crippen LogP contribution in [0.1, 0.15) is 30.5 Å². The lowest BCUT2D eigenvalue weighted by atomic mass is 10.2. The maximum atomic E-state index is 11.6. The van der Waals surface area contributed by atoms with Gasteiger partial charge in [0.1, 0.15) is 17.7 Å². The molecule has 2 saturated heterocycles. The van der Waals surface area contributed by atoms with Gasteiger partial charge in [0.05, 0.1) is 12.3 Å². The molecule has 0 spiro atoms. The van der Waals surface area contributed by atoms with Gasteiger partial charge in [0.25, 0.3) is 0 Å². The number of hydrogen-bond donors (Lipinski definition) is 2. The van der Waals surface area contributed by atoms with E-state index >= 15 is 0 Å². The second-order valence-electron chi connectivity index (χ2n) is 5.70. The predicted molar refractivity (Wildman–Crippen MR) is 82.6 cm³/mol. The molecule has 7 nitrogen and oxygen atoms in total. The monoisotopic (exact) mass is 305 g/mol. The number of amides is 1. The van der Waals surface area contributed by atoms with Crippen molar-refractivity contribution in [3.8, 4) is 0 Å². The molecule has 2 fully saturated rings. The molecule has 1 amide bonds. The number of carbonyl (C=O) groups is 1. The quantitative estimate of drug-likeness (QED) is 0.824. The number of nitrogens with one attached hydrogen (secondary N) is 2. The van der Waals surface area contributed by atoms with Gasteiger partial charge >= 0.3 is 0 Å². The van der Waals surface area contributed by atoms with Gasteiger partial charge in [0.15, 0.2) is 0 Å². The third kappa shape index (κ3) is 3.72. The van der Waals surface area contributed by atoms with Crippen LogP contribution in [-0.2, 0) is 9.53 Å². The number of likely N-dealkylation sites (tertiary alicyclic amines) is 1. The van der Waals surface area contributed by atoms with Crippen molar-refractivity contribution in [1.82, 2.24) is 20.2 Å². The zero-order valence-electron chi connectivity index (χ0n) is 13.0. The van der Waals surface area contributed by atoms with E-state index in [1.54, 1.807) is 0 Å². The number of nitrogens with zero attached hydrogens (tertiary/aromatic N) is 3. The van der Waals surface area contributed by atoms with E-state index in [1.807, 2.05) is 17.9 Å². The molecule has 2 aliphatic heterocycles. The molecule has 3 heterocycles. The van der Waals surface area contributed by atoms with Crippen LogP contribution in [0.25, 0.3) is 0 Å². The van der Waals surface area contributed by atoms with Gasteiger partial charge in [-0.25, -0.2) is 9.97 Å². The summed E-state index contributed by atoms with van der Waals surface area (Å²) in [4.78, 5) is 22.4. The fourth-order valence-electron chi connectivity index (χ4n) is 2.86. The number of anilines is 1. The number of aromatic nitrogens is 2. The van der Waals surface area contributed by atoms with Gasteiger partial charge in [0, 0.05) is 45.2 Å². The van der Waals surface area contributed by atoms with E-state index in [-0.39, 0.29) is 12.0 Å². The Labute approximate surface area is 130 Å². The normalized spacial score (nSPS) is 22.1. The van der Waals surface area contributed by atoms with Crippen molar-refractivity contribution < 1.29 is 9.53 Å². The third-order valence-corrected chi connectivity index (χ3v) is 3.97. The van der Waals surface area contributed by atoms with Crippen LogP contribution >= 0.6 is 0 Å². The summed E-state index contributed by atoms with van der Waals surface area (Å²) < 4.78 is 5.74. The van der Waals surface area contributed by atoms with Crippen molar-refractivity contribution in [3.63, 3.8) is 0 Å². The Hall–Kier alpha value is -1.73. The van der Waals surface area contributed by atoms with E-state index < -0.39 is 0 Å². The lowest BCUT2D eigenvalue weighted by Gasteiger charge is -2.23. The molecule has 0 aliphatic carbocycles. The summed E-state index contributed by atoms with van der Waals surface area (Å²) in [5, 5.41) is 6.60. The number of hydrogen-bond acceptors (Lipinski definition) is 6. The second-order valence-corrected chi connectivity index (χ2v) is 5.70. The van der Waals surface area contributed by atoms with Crippen molar-refractivity contribution in [2.24, 2.45) is 0 Å². The van der Waals surface area contributed by atoms with E-state index in [0.29, 0.717) is 19.6 Å². The molecule has 1 atom stereocenters. The minimum Gasteiger partial charge on any atom is -0.369 e. The third-order valence-electron chi connectivity index (χ3n) is 3.97. The molecule has 1 aromatic rings. The van der Waals surface area contributed by atoms with Crippen molar-refractivity contribution in [2.75, 3.05) is 44.6 Å². The summed E-state index contributed by atoms with van der Waals surface area (Å²) in [6.45, 7) is 6.54. The summed E-state index contributed by atoms with van der Waals surface area (Å²) in [5.74, 6) is 1.78. The first-order valence-corrected chi connectivity index (χ1v) is 7.92. The lowest BCUT2D eigenvalue weighted by Crippen LogP contribution is -2.34. The summed E-state index contributed by atoms with van der Waals surface area (Å²) >= 11 is 0. The highest BCUT2D eigenvalue weighted by molar-refractivity contribution is 5.78. The second kappa shape index (κ2) is 7.02. The number of ether oxygens (including phenoxy) is 1. The molecule has 0 radical (unpaired) electrons. The molecule has 1 unspecified atom stereocenters. The maximum absolute atomic E-state index is 11.6. The Bertz CT molecular complexity index is 531. The summed E-state index contributed by atoms with van der Waals surface area (Å²) in [6, 6.07) is 1.94. The highest BCUT2D eigenvalue weighted by atomic mass is 16.5. The van der Waals surface area contributed by atoms with Gasteiger partial charge in [-0.05, 0) is 13.3 Å². The van der Waals surface area contributed by atoms with Gasteiger partial charge in [-0.1, -0.05) is 0 Å². The average molecular weight is 305 g/mol. The Morgan fingerprint density at radius 1 is 1.50 bits per heavy atom. The first-order valence-electron chi connectivity index (χ1n) is 7.92. The number of morpholine rings is 1. The topological polar surface area (TPSA) is 79.4 Å². The molecule has 1 aromatic heterocycles. The van der Waals surface area contributed by atoms with Crippen molar-refractivity contribution in [2.45, 2.75) is 25.9 Å². The zero-order chi connectivity index (χ0) is 15.4. The van der Waals surface area contributed by atoms with E-state index in [0.717, 1.165) is 49.9 Å². The molecule has 2 N–H and O–H groups in total. The van der Waals surface area contributed by atoms with Crippen LogP contribution in [0.3, 0.4) is 0 Å². The van der Waals surface area contributed by atoms with Crippen molar-refractivity contribution in [1.29, 1.82) is 0 Å². The molecule has 120 valence electrons. The highest BCUT2D eigenvalue weighted by Gasteiger charge is 2.20. The minimum atomic E-state index is -0.0174. The van der Waals surface area contributed by atoms with Crippen molar-refractivity contribution >= 4 is 11.7 Å². The Balaban J connectivity index is 1.58. The van der Waals surface area contributed by atoms with Crippen LogP contribution in [-0.4, -0.2) is 60.1 Å². The van der Waals surface area contributed by atoms with E-state index in [2.05, 4.69) is 20.6 Å². The maximum Gasteiger partial charge on any atom is 0.222 e. The molecular formula is C15H23N5O2. The average Bonchev–Trinajstić information content (AvgIpc) is 2.93. The van der Waals surface area contributed by atoms with Crippen LogP contribution in [0.15, 0.2) is 6.07 Å². The van der Waals surface area contributed by atoms with Crippen LogP contribution in [0, 0.1) is 6.92 Å². The lowest BCUT2D eigenvalue weighted by molar-refractivity contribution is -0.127. The van der Waals surface area contributed by atoms with E-state index in [9.17, 15) is 4.79 Å². The van der Waals surface area contributed by atoms with Crippen molar-refractivity contribution in [3.05, 3.63) is 17.6 Å². The molecule has 7 heteroatoms. The molecule has 0 saturated carbocycles. The zero-order valence-corrected chi connectivity index (χ0v) is 13.0. The Morgan fingerprint density at radius 2 is 2.41 bits per heavy atom. The molecule has 3 rings (SSSR count). The van der Waals surface area contributed by atoms with E-state index in [4.69, 9.17) is 4.74 Å². The molecule has 22 heavy (non-hydrogen) atoms. The van der Waals surface area contributed by atoms with E-state index in [1.165, 1.54) is 0 Å². The summed E-state index contributed by atoms with van der Waals surface area (Å²) in [5.41, 5.74) is 0.902. The van der Waals surface area contributed by atoms with Gasteiger partial charge in [-0.3, -0.25) is 4.79 Å². The van der Waals surface area contributed by atoms with Crippen LogP contribution < -0.4 is 10.6 Å². The predicted octanol–water partition coefficient (Wildman–Crippen LogP) is 0.480. The number of rotatable bonds is 5. The minimum absolute atomic E-state index is 0.0174. The van der Waals surface area contributed by atoms with Gasteiger partial charge in [0.2, 0.25) is 5.91 Å². The van der Waals surface area contributed by atoms with Gasteiger partial charge in [-0.15, -0.1) is 0 Å². The Kier molecular flexibility index (Phi) is 4.84.